The van der Waals surface area contributed by atoms with Gasteiger partial charge in [-0.15, -0.1) is 0 Å². The number of Topliss-reactive ketones (excluding diaryl/α,β-unsaturated/α-hetero) is 1. The van der Waals surface area contributed by atoms with Crippen LogP contribution in [0.5, 0.6) is 5.75 Å². The van der Waals surface area contributed by atoms with E-state index in [9.17, 15) is 4.79 Å². The summed E-state index contributed by atoms with van der Waals surface area (Å²) in [6.07, 6.45) is 10.8. The number of rotatable bonds is 8. The molecule has 0 N–H and O–H groups in total. The van der Waals surface area contributed by atoms with Crippen molar-refractivity contribution in [3.8, 4) is 5.75 Å². The van der Waals surface area contributed by atoms with E-state index in [1.165, 1.54) is 5.56 Å². The number of hydrogen-bond donors (Lipinski definition) is 0. The second-order valence-corrected chi connectivity index (χ2v) is 9.55. The van der Waals surface area contributed by atoms with Gasteiger partial charge >= 0.3 is 0 Å². The van der Waals surface area contributed by atoms with E-state index in [1.54, 1.807) is 6.92 Å². The summed E-state index contributed by atoms with van der Waals surface area (Å²) in [7, 11) is 0.364. The molecule has 0 radical (unpaired) electrons. The van der Waals surface area contributed by atoms with E-state index in [0.717, 1.165) is 45.9 Å². The summed E-state index contributed by atoms with van der Waals surface area (Å²) in [6.45, 7) is 4.26. The van der Waals surface area contributed by atoms with Crippen LogP contribution in [0.1, 0.15) is 40.4 Å². The first kappa shape index (κ1) is 22.2. The summed E-state index contributed by atoms with van der Waals surface area (Å²) in [5, 5.41) is 2.27. The first-order chi connectivity index (χ1) is 15.6. The lowest BCUT2D eigenvalue weighted by Gasteiger charge is -2.20. The van der Waals surface area contributed by atoms with Gasteiger partial charge < -0.3 is 4.74 Å². The number of aryl methyl sites for hydroxylation is 1. The number of carbonyl (C=O) groups is 1. The van der Waals surface area contributed by atoms with Crippen molar-refractivity contribution >= 4 is 25.0 Å². The zero-order valence-electron chi connectivity index (χ0n) is 18.7. The first-order valence-electron chi connectivity index (χ1n) is 11.1. The van der Waals surface area contributed by atoms with E-state index in [1.807, 2.05) is 30.3 Å². The van der Waals surface area contributed by atoms with Crippen molar-refractivity contribution in [1.29, 1.82) is 0 Å². The van der Waals surface area contributed by atoms with E-state index in [2.05, 4.69) is 67.6 Å². The third-order valence-corrected chi connectivity index (χ3v) is 7.36. The molecule has 0 fully saturated rings. The minimum Gasteiger partial charge on any atom is -0.488 e. The highest BCUT2D eigenvalue weighted by atomic mass is 31.1. The quantitative estimate of drug-likeness (QED) is 0.313. The number of carbonyl (C=O) groups excluding carboxylic acids is 1. The Kier molecular flexibility index (Phi) is 7.35. The minimum absolute atomic E-state index is 0.109. The summed E-state index contributed by atoms with van der Waals surface area (Å²) in [6, 6.07) is 22.7. The third-order valence-electron chi connectivity index (χ3n) is 5.79. The SMILES string of the molecule is CC(=O)c1cccc(C)c1Pc1cccc(CC2C=CC=CC2)c1OCc1ccccc1. The molecule has 2 atom stereocenters. The third kappa shape index (κ3) is 5.44. The molecule has 0 saturated heterocycles. The maximum atomic E-state index is 12.3. The number of benzene rings is 3. The molecule has 0 amide bonds. The van der Waals surface area contributed by atoms with Crippen LogP contribution in [0.25, 0.3) is 0 Å². The van der Waals surface area contributed by atoms with Crippen molar-refractivity contribution < 1.29 is 9.53 Å². The Balaban J connectivity index is 1.69. The topological polar surface area (TPSA) is 26.3 Å². The molecule has 4 rings (SSSR count). The van der Waals surface area contributed by atoms with Crippen LogP contribution in [0.4, 0.5) is 0 Å². The minimum atomic E-state index is 0.109. The average Bonchev–Trinajstić information content (AvgIpc) is 2.81. The number of allylic oxidation sites excluding steroid dienone is 4. The fourth-order valence-electron chi connectivity index (χ4n) is 4.07. The summed E-state index contributed by atoms with van der Waals surface area (Å²) in [5.41, 5.74) is 4.34. The molecule has 3 heteroatoms. The molecule has 0 aromatic heterocycles. The lowest BCUT2D eigenvalue weighted by molar-refractivity contribution is 0.101. The molecule has 0 saturated carbocycles. The predicted octanol–water partition coefficient (Wildman–Crippen LogP) is 6.08. The van der Waals surface area contributed by atoms with Crippen LogP contribution in [0.2, 0.25) is 0 Å². The van der Waals surface area contributed by atoms with Gasteiger partial charge in [0.15, 0.2) is 5.78 Å². The Hall–Kier alpha value is -2.96. The van der Waals surface area contributed by atoms with Gasteiger partial charge in [0.1, 0.15) is 12.4 Å². The summed E-state index contributed by atoms with van der Waals surface area (Å²) >= 11 is 0. The van der Waals surface area contributed by atoms with Crippen LogP contribution in [-0.2, 0) is 13.0 Å². The lowest BCUT2D eigenvalue weighted by Crippen LogP contribution is -2.18. The largest absolute Gasteiger partial charge is 0.488 e. The van der Waals surface area contributed by atoms with Gasteiger partial charge in [0.2, 0.25) is 0 Å². The average molecular weight is 441 g/mol. The standard InChI is InChI=1S/C29H29O2P/c1-21-11-9-17-26(22(2)30)29(21)32-27-18-10-16-25(19-23-12-5-3-6-13-23)28(27)31-20-24-14-7-4-8-15-24/h3-12,14-18,23,32H,13,19-20H2,1-2H3. The monoisotopic (exact) mass is 440 g/mol. The number of para-hydroxylation sites is 1. The van der Waals surface area contributed by atoms with Gasteiger partial charge in [0.05, 0.1) is 0 Å². The van der Waals surface area contributed by atoms with Gasteiger partial charge in [-0.05, 0) is 54.6 Å². The van der Waals surface area contributed by atoms with Crippen LogP contribution < -0.4 is 15.3 Å². The van der Waals surface area contributed by atoms with E-state index < -0.39 is 0 Å². The van der Waals surface area contributed by atoms with Crippen LogP contribution >= 0.6 is 8.58 Å². The van der Waals surface area contributed by atoms with Gasteiger partial charge in [0.25, 0.3) is 0 Å². The van der Waals surface area contributed by atoms with Gasteiger partial charge in [-0.1, -0.05) is 99.6 Å². The summed E-state index contributed by atoms with van der Waals surface area (Å²) in [4.78, 5) is 12.3. The molecule has 0 spiro atoms. The Morgan fingerprint density at radius 2 is 1.81 bits per heavy atom. The van der Waals surface area contributed by atoms with Crippen LogP contribution in [0.3, 0.4) is 0 Å². The molecule has 162 valence electrons. The molecule has 3 aromatic carbocycles. The predicted molar refractivity (Wildman–Crippen MR) is 136 cm³/mol. The molecule has 0 bridgehead atoms. The van der Waals surface area contributed by atoms with Crippen molar-refractivity contribution in [2.75, 3.05) is 0 Å². The highest BCUT2D eigenvalue weighted by Gasteiger charge is 2.18. The van der Waals surface area contributed by atoms with E-state index in [0.29, 0.717) is 21.1 Å². The Labute approximate surface area is 192 Å². The highest BCUT2D eigenvalue weighted by molar-refractivity contribution is 7.56. The van der Waals surface area contributed by atoms with Crippen molar-refractivity contribution in [2.24, 2.45) is 5.92 Å². The fourth-order valence-corrected chi connectivity index (χ4v) is 5.54. The summed E-state index contributed by atoms with van der Waals surface area (Å²) in [5.74, 6) is 1.55. The van der Waals surface area contributed by atoms with Crippen molar-refractivity contribution in [3.05, 3.63) is 113 Å². The molecule has 0 aliphatic heterocycles. The van der Waals surface area contributed by atoms with E-state index in [-0.39, 0.29) is 5.78 Å². The molecule has 3 aromatic rings. The van der Waals surface area contributed by atoms with Crippen molar-refractivity contribution in [2.45, 2.75) is 33.3 Å². The molecule has 1 aliphatic rings. The number of ketones is 1. The van der Waals surface area contributed by atoms with Gasteiger partial charge in [-0.2, -0.15) is 0 Å². The zero-order chi connectivity index (χ0) is 22.3. The van der Waals surface area contributed by atoms with Gasteiger partial charge in [0, 0.05) is 10.9 Å². The molecule has 32 heavy (non-hydrogen) atoms. The maximum Gasteiger partial charge on any atom is 0.160 e. The van der Waals surface area contributed by atoms with Crippen LogP contribution in [0, 0.1) is 12.8 Å². The smallest absolute Gasteiger partial charge is 0.160 e. The van der Waals surface area contributed by atoms with Gasteiger partial charge in [-0.25, -0.2) is 0 Å². The van der Waals surface area contributed by atoms with E-state index in [4.69, 9.17) is 4.74 Å². The molecule has 2 unspecified atom stereocenters. The van der Waals surface area contributed by atoms with Gasteiger partial charge in [-0.3, -0.25) is 4.79 Å². The number of ether oxygens (including phenoxy) is 1. The van der Waals surface area contributed by atoms with E-state index >= 15 is 0 Å². The molecular formula is C29H29O2P. The van der Waals surface area contributed by atoms with Crippen LogP contribution in [0.15, 0.2) is 91.0 Å². The normalized spacial score (nSPS) is 15.4. The summed E-state index contributed by atoms with van der Waals surface area (Å²) < 4.78 is 6.49. The zero-order valence-corrected chi connectivity index (χ0v) is 19.7. The highest BCUT2D eigenvalue weighted by Crippen LogP contribution is 2.30. The van der Waals surface area contributed by atoms with Crippen molar-refractivity contribution in [1.82, 2.24) is 0 Å². The van der Waals surface area contributed by atoms with Crippen LogP contribution in [-0.4, -0.2) is 5.78 Å². The second kappa shape index (κ2) is 10.6. The Bertz CT molecular complexity index is 1150. The Morgan fingerprint density at radius 3 is 2.56 bits per heavy atom. The second-order valence-electron chi connectivity index (χ2n) is 8.26. The first-order valence-corrected chi connectivity index (χ1v) is 12.1. The molecule has 1 aliphatic carbocycles. The number of hydrogen-bond acceptors (Lipinski definition) is 2. The Morgan fingerprint density at radius 1 is 1.00 bits per heavy atom. The molecule has 2 nitrogen and oxygen atoms in total. The maximum absolute atomic E-state index is 12.3. The fraction of sp³-hybridized carbons (Fsp3) is 0.207. The molecule has 0 heterocycles. The van der Waals surface area contributed by atoms with Crippen molar-refractivity contribution in [3.63, 3.8) is 0 Å². The lowest BCUT2D eigenvalue weighted by atomic mass is 9.93. The molecular weight excluding hydrogens is 411 g/mol.